The zero-order valence-corrected chi connectivity index (χ0v) is 11.6. The van der Waals surface area contributed by atoms with Crippen molar-refractivity contribution in [3.8, 4) is 0 Å². The Morgan fingerprint density at radius 2 is 1.89 bits per heavy atom. The van der Waals surface area contributed by atoms with E-state index in [0.717, 1.165) is 36.8 Å². The van der Waals surface area contributed by atoms with E-state index in [-0.39, 0.29) is 11.6 Å². The molecule has 0 unspecified atom stereocenters. The lowest BCUT2D eigenvalue weighted by Crippen LogP contribution is -2.43. The molecule has 0 bridgehead atoms. The van der Waals surface area contributed by atoms with E-state index in [1.807, 2.05) is 13.8 Å². The van der Waals surface area contributed by atoms with Crippen molar-refractivity contribution in [1.29, 1.82) is 0 Å². The molecule has 1 saturated carbocycles. The molecule has 19 heavy (non-hydrogen) atoms. The fourth-order valence-corrected chi connectivity index (χ4v) is 3.11. The number of amides is 1. The Hall–Kier alpha value is -1.64. The number of rotatable bonds is 1. The highest BCUT2D eigenvalue weighted by atomic mass is 16.2. The van der Waals surface area contributed by atoms with Gasteiger partial charge in [-0.2, -0.15) is 0 Å². The molecule has 1 heterocycles. The van der Waals surface area contributed by atoms with Crippen molar-refractivity contribution in [2.24, 2.45) is 4.99 Å². The molecule has 3 rings (SSSR count). The van der Waals surface area contributed by atoms with E-state index in [1.54, 1.807) is 0 Å². The summed E-state index contributed by atoms with van der Waals surface area (Å²) in [5.74, 6) is -0.00407. The quantitative estimate of drug-likeness (QED) is 0.824. The van der Waals surface area contributed by atoms with Crippen LogP contribution in [0.1, 0.15) is 48.8 Å². The normalized spacial score (nSPS) is 21.4. The van der Waals surface area contributed by atoms with Gasteiger partial charge in [-0.3, -0.25) is 9.79 Å². The number of carbonyl (C=O) groups excluding carboxylic acids is 1. The number of nitrogens with zero attached hydrogens (tertiary/aromatic N) is 1. The Morgan fingerprint density at radius 3 is 2.63 bits per heavy atom. The number of hydrogen-bond acceptors (Lipinski definition) is 2. The molecule has 2 aliphatic rings. The Balaban J connectivity index is 2.01. The maximum atomic E-state index is 12.3. The van der Waals surface area contributed by atoms with Crippen LogP contribution in [0.15, 0.2) is 23.2 Å². The van der Waals surface area contributed by atoms with Gasteiger partial charge < -0.3 is 5.32 Å². The fraction of sp³-hybridized carbons (Fsp3) is 0.500. The second kappa shape index (κ2) is 4.48. The summed E-state index contributed by atoms with van der Waals surface area (Å²) in [4.78, 5) is 17.1. The molecule has 1 aliphatic heterocycles. The summed E-state index contributed by atoms with van der Waals surface area (Å²) < 4.78 is 0. The van der Waals surface area contributed by atoms with E-state index in [9.17, 15) is 4.79 Å². The van der Waals surface area contributed by atoms with Crippen LogP contribution in [0.25, 0.3) is 0 Å². The van der Waals surface area contributed by atoms with E-state index in [2.05, 4.69) is 23.5 Å². The monoisotopic (exact) mass is 256 g/mol. The van der Waals surface area contributed by atoms with Gasteiger partial charge >= 0.3 is 0 Å². The molecule has 3 heteroatoms. The number of hydrogen-bond donors (Lipinski definition) is 1. The van der Waals surface area contributed by atoms with Gasteiger partial charge in [0.2, 0.25) is 0 Å². The van der Waals surface area contributed by atoms with Gasteiger partial charge in [-0.1, -0.05) is 24.1 Å². The summed E-state index contributed by atoms with van der Waals surface area (Å²) in [5, 5.41) is 3.12. The van der Waals surface area contributed by atoms with Crippen LogP contribution < -0.4 is 5.32 Å². The Bertz CT molecular complexity index is 554. The molecular weight excluding hydrogens is 236 g/mol. The van der Waals surface area contributed by atoms with Crippen molar-refractivity contribution in [2.45, 2.75) is 51.6 Å². The van der Waals surface area contributed by atoms with Crippen LogP contribution in [0.2, 0.25) is 0 Å². The molecule has 100 valence electrons. The van der Waals surface area contributed by atoms with Gasteiger partial charge in [0, 0.05) is 5.56 Å². The van der Waals surface area contributed by atoms with Gasteiger partial charge in [-0.05, 0) is 51.2 Å². The summed E-state index contributed by atoms with van der Waals surface area (Å²) in [6.45, 7) is 4.09. The minimum Gasteiger partial charge on any atom is -0.326 e. The van der Waals surface area contributed by atoms with E-state index in [4.69, 9.17) is 4.99 Å². The standard InChI is InChI=1S/C16H20N2O/c1-11-6-7-12(2)13(10-11)14-15(19)18-16(17-14)8-4-3-5-9-16/h6-7,10H,3-5,8-9H2,1-2H3,(H,18,19). The predicted octanol–water partition coefficient (Wildman–Crippen LogP) is 2.88. The average Bonchev–Trinajstić information content (AvgIpc) is 2.70. The maximum Gasteiger partial charge on any atom is 0.272 e. The molecule has 0 radical (unpaired) electrons. The summed E-state index contributed by atoms with van der Waals surface area (Å²) >= 11 is 0. The Morgan fingerprint density at radius 1 is 1.16 bits per heavy atom. The lowest BCUT2D eigenvalue weighted by molar-refractivity contribution is -0.115. The second-order valence-corrected chi connectivity index (χ2v) is 5.83. The first-order valence-electron chi connectivity index (χ1n) is 7.10. The zero-order valence-electron chi connectivity index (χ0n) is 11.6. The summed E-state index contributed by atoms with van der Waals surface area (Å²) in [5.41, 5.74) is 3.59. The van der Waals surface area contributed by atoms with Crippen molar-refractivity contribution in [2.75, 3.05) is 0 Å². The lowest BCUT2D eigenvalue weighted by Gasteiger charge is -2.30. The van der Waals surface area contributed by atoms with Crippen molar-refractivity contribution in [3.05, 3.63) is 34.9 Å². The Labute approximate surface area is 114 Å². The van der Waals surface area contributed by atoms with E-state index in [0.29, 0.717) is 5.71 Å². The molecule has 0 aromatic heterocycles. The Kier molecular flexibility index (Phi) is 2.92. The molecule has 1 aromatic rings. The third kappa shape index (κ3) is 2.18. The minimum absolute atomic E-state index is 0.00407. The van der Waals surface area contributed by atoms with Crippen molar-refractivity contribution in [3.63, 3.8) is 0 Å². The summed E-state index contributed by atoms with van der Waals surface area (Å²) in [7, 11) is 0. The first kappa shape index (κ1) is 12.4. The van der Waals surface area contributed by atoms with Crippen LogP contribution in [0.4, 0.5) is 0 Å². The van der Waals surface area contributed by atoms with Crippen LogP contribution in [-0.2, 0) is 4.79 Å². The third-order valence-electron chi connectivity index (χ3n) is 4.22. The fourth-order valence-electron chi connectivity index (χ4n) is 3.11. The van der Waals surface area contributed by atoms with E-state index < -0.39 is 0 Å². The molecule has 1 amide bonds. The van der Waals surface area contributed by atoms with Crippen LogP contribution in [-0.4, -0.2) is 17.3 Å². The highest BCUT2D eigenvalue weighted by Crippen LogP contribution is 2.33. The summed E-state index contributed by atoms with van der Waals surface area (Å²) in [6.07, 6.45) is 5.53. The van der Waals surface area contributed by atoms with Crippen molar-refractivity contribution in [1.82, 2.24) is 5.32 Å². The molecule has 0 saturated heterocycles. The first-order valence-corrected chi connectivity index (χ1v) is 7.10. The van der Waals surface area contributed by atoms with Gasteiger partial charge in [0.05, 0.1) is 0 Å². The smallest absolute Gasteiger partial charge is 0.272 e. The number of carbonyl (C=O) groups is 1. The second-order valence-electron chi connectivity index (χ2n) is 5.83. The van der Waals surface area contributed by atoms with Crippen LogP contribution >= 0.6 is 0 Å². The zero-order chi connectivity index (χ0) is 13.5. The van der Waals surface area contributed by atoms with E-state index >= 15 is 0 Å². The predicted molar refractivity (Wildman–Crippen MR) is 76.4 cm³/mol. The molecule has 1 N–H and O–H groups in total. The van der Waals surface area contributed by atoms with Crippen LogP contribution in [0.5, 0.6) is 0 Å². The van der Waals surface area contributed by atoms with Gasteiger partial charge in [-0.15, -0.1) is 0 Å². The van der Waals surface area contributed by atoms with Crippen LogP contribution in [0.3, 0.4) is 0 Å². The van der Waals surface area contributed by atoms with Crippen molar-refractivity contribution < 1.29 is 4.79 Å². The highest BCUT2D eigenvalue weighted by molar-refractivity contribution is 6.47. The molecule has 1 fully saturated rings. The van der Waals surface area contributed by atoms with E-state index in [1.165, 1.54) is 12.0 Å². The summed E-state index contributed by atoms with van der Waals surface area (Å²) in [6, 6.07) is 6.20. The minimum atomic E-state index is -0.305. The number of aliphatic imine (C=N–C) groups is 1. The first-order chi connectivity index (χ1) is 9.10. The SMILES string of the molecule is Cc1ccc(C)c(C2=NC3(CCCCC3)NC2=O)c1. The van der Waals surface area contributed by atoms with Crippen molar-refractivity contribution >= 4 is 11.6 Å². The number of aryl methyl sites for hydroxylation is 2. The molecule has 0 atom stereocenters. The maximum absolute atomic E-state index is 12.3. The van der Waals surface area contributed by atoms with Crippen LogP contribution in [0, 0.1) is 13.8 Å². The van der Waals surface area contributed by atoms with Gasteiger partial charge in [0.1, 0.15) is 11.4 Å². The van der Waals surface area contributed by atoms with Gasteiger partial charge in [0.15, 0.2) is 0 Å². The lowest BCUT2D eigenvalue weighted by atomic mass is 9.90. The van der Waals surface area contributed by atoms with Gasteiger partial charge in [0.25, 0.3) is 5.91 Å². The third-order valence-corrected chi connectivity index (χ3v) is 4.22. The molecule has 1 aliphatic carbocycles. The molecule has 3 nitrogen and oxygen atoms in total. The topological polar surface area (TPSA) is 41.5 Å². The molecule has 1 spiro atoms. The number of benzene rings is 1. The largest absolute Gasteiger partial charge is 0.326 e. The van der Waals surface area contributed by atoms with Gasteiger partial charge in [-0.25, -0.2) is 0 Å². The highest BCUT2D eigenvalue weighted by Gasteiger charge is 2.40. The average molecular weight is 256 g/mol. The molecular formula is C16H20N2O. The number of nitrogens with one attached hydrogen (secondary N) is 1. The molecule has 1 aromatic carbocycles.